The van der Waals surface area contributed by atoms with Crippen LogP contribution in [0.1, 0.15) is 34.7 Å². The van der Waals surface area contributed by atoms with Crippen molar-refractivity contribution >= 4 is 47.3 Å². The van der Waals surface area contributed by atoms with Crippen molar-refractivity contribution in [3.8, 4) is 0 Å². The third-order valence-corrected chi connectivity index (χ3v) is 4.76. The topological polar surface area (TPSA) is 89.6 Å². The first-order valence-corrected chi connectivity index (χ1v) is 8.27. The molecule has 3 rings (SSSR count). The first-order valence-electron chi connectivity index (χ1n) is 7.51. The zero-order valence-corrected chi connectivity index (χ0v) is 15.9. The third-order valence-electron chi connectivity index (χ3n) is 4.10. The van der Waals surface area contributed by atoms with Gasteiger partial charge in [0.25, 0.3) is 0 Å². The van der Waals surface area contributed by atoms with Crippen molar-refractivity contribution in [3.63, 3.8) is 0 Å². The Morgan fingerprint density at radius 2 is 1.84 bits per heavy atom. The number of pyridine rings is 1. The van der Waals surface area contributed by atoms with Gasteiger partial charge in [0.05, 0.1) is 11.4 Å². The van der Waals surface area contributed by atoms with Gasteiger partial charge in [0, 0.05) is 21.8 Å². The zero-order chi connectivity index (χ0) is 17.3. The molecule has 1 aliphatic carbocycles. The van der Waals surface area contributed by atoms with E-state index >= 15 is 0 Å². The highest BCUT2D eigenvalue weighted by molar-refractivity contribution is 6.36. The van der Waals surface area contributed by atoms with E-state index < -0.39 is 0 Å². The van der Waals surface area contributed by atoms with E-state index in [1.54, 1.807) is 6.20 Å². The Bertz CT molecular complexity index is 824. The summed E-state index contributed by atoms with van der Waals surface area (Å²) < 4.78 is 0. The fraction of sp³-hybridized carbons (Fsp3) is 0.235. The highest BCUT2D eigenvalue weighted by Crippen LogP contribution is 2.39. The molecule has 1 atom stereocenters. The van der Waals surface area contributed by atoms with Crippen LogP contribution in [0, 0.1) is 6.92 Å². The van der Waals surface area contributed by atoms with Gasteiger partial charge in [-0.05, 0) is 55.0 Å². The maximum Gasteiger partial charge on any atom is 0.211 e. The van der Waals surface area contributed by atoms with Crippen LogP contribution in [0.25, 0.3) is 0 Å². The number of rotatable bonds is 2. The number of aromatic nitrogens is 1. The number of halogens is 3. The molecule has 1 heterocycles. The number of hydrogen-bond acceptors (Lipinski definition) is 3. The average molecular weight is 399 g/mol. The minimum Gasteiger partial charge on any atom is -0.369 e. The van der Waals surface area contributed by atoms with Crippen molar-refractivity contribution < 1.29 is 0 Å². The molecule has 0 aliphatic heterocycles. The van der Waals surface area contributed by atoms with Crippen LogP contribution in [0.3, 0.4) is 0 Å². The second kappa shape index (κ2) is 8.04. The maximum atomic E-state index is 6.38. The Morgan fingerprint density at radius 3 is 2.48 bits per heavy atom. The Balaban J connectivity index is 0.00000225. The number of benzene rings is 1. The maximum absolute atomic E-state index is 6.38. The summed E-state index contributed by atoms with van der Waals surface area (Å²) in [6.45, 7) is 2.02. The van der Waals surface area contributed by atoms with Crippen LogP contribution in [0.2, 0.25) is 10.0 Å². The molecule has 0 radical (unpaired) electrons. The molecule has 0 fully saturated rings. The van der Waals surface area contributed by atoms with Gasteiger partial charge in [-0.3, -0.25) is 4.98 Å². The first kappa shape index (κ1) is 19.5. The van der Waals surface area contributed by atoms with E-state index in [4.69, 9.17) is 34.7 Å². The minimum absolute atomic E-state index is 0. The molecule has 2 aromatic rings. The van der Waals surface area contributed by atoms with E-state index in [1.165, 1.54) is 0 Å². The molecule has 4 N–H and O–H groups in total. The summed E-state index contributed by atoms with van der Waals surface area (Å²) >= 11 is 12.8. The predicted molar refractivity (Wildman–Crippen MR) is 106 cm³/mol. The lowest BCUT2D eigenvalue weighted by molar-refractivity contribution is 0.677. The monoisotopic (exact) mass is 397 g/mol. The molecule has 0 spiro atoms. The summed E-state index contributed by atoms with van der Waals surface area (Å²) in [5.74, 6) is -0.00978. The van der Waals surface area contributed by atoms with E-state index in [2.05, 4.69) is 15.2 Å². The largest absolute Gasteiger partial charge is 0.369 e. The second-order valence-corrected chi connectivity index (χ2v) is 6.58. The van der Waals surface area contributed by atoms with Crippen molar-refractivity contribution in [3.05, 3.63) is 62.9 Å². The standard InChI is InChI=1S/C17H17Cl2N5.ClH/c1-9-5-6-22-13-7-10(16-11(18)3-2-4-12(16)19)8-14(15(9)13)23-24-17(20)21;/h2-6,10H,7-8H2,1H3,(H4,20,21,24);1H/b23-14-;. The summed E-state index contributed by atoms with van der Waals surface area (Å²) in [6, 6.07) is 7.47. The number of fused-ring (bicyclic) bond motifs is 1. The summed E-state index contributed by atoms with van der Waals surface area (Å²) in [5, 5.41) is 9.36. The van der Waals surface area contributed by atoms with Crippen LogP contribution in [-0.4, -0.2) is 16.7 Å². The number of guanidine groups is 1. The molecule has 0 amide bonds. The Kier molecular flexibility index (Phi) is 6.27. The quantitative estimate of drug-likeness (QED) is 0.457. The molecule has 0 saturated carbocycles. The van der Waals surface area contributed by atoms with E-state index in [1.807, 2.05) is 31.2 Å². The molecule has 1 aliphatic rings. The van der Waals surface area contributed by atoms with Crippen molar-refractivity contribution in [1.82, 2.24) is 4.98 Å². The van der Waals surface area contributed by atoms with Crippen LogP contribution in [0.4, 0.5) is 0 Å². The molecule has 1 unspecified atom stereocenters. The van der Waals surface area contributed by atoms with Crippen LogP contribution in [0.5, 0.6) is 0 Å². The summed E-state index contributed by atoms with van der Waals surface area (Å²) in [6.07, 6.45) is 3.17. The highest BCUT2D eigenvalue weighted by Gasteiger charge is 2.29. The van der Waals surface area contributed by atoms with Crippen LogP contribution < -0.4 is 11.5 Å². The first-order chi connectivity index (χ1) is 11.5. The van der Waals surface area contributed by atoms with E-state index in [0.29, 0.717) is 16.5 Å². The highest BCUT2D eigenvalue weighted by atomic mass is 35.5. The van der Waals surface area contributed by atoms with Gasteiger partial charge in [0.1, 0.15) is 0 Å². The summed E-state index contributed by atoms with van der Waals surface area (Å²) in [7, 11) is 0. The Hall–Kier alpha value is -1.82. The average Bonchev–Trinajstić information content (AvgIpc) is 2.52. The van der Waals surface area contributed by atoms with Crippen molar-refractivity contribution in [1.29, 1.82) is 0 Å². The van der Waals surface area contributed by atoms with Crippen LogP contribution in [0.15, 0.2) is 40.7 Å². The SMILES string of the molecule is Cc1ccnc2c1/C(=N\N=C(N)N)CC(c1c(Cl)cccc1Cl)C2.Cl. The number of nitrogens with zero attached hydrogens (tertiary/aromatic N) is 3. The van der Waals surface area contributed by atoms with Gasteiger partial charge >= 0.3 is 0 Å². The molecule has 1 aromatic heterocycles. The van der Waals surface area contributed by atoms with Crippen molar-refractivity contribution in [2.24, 2.45) is 21.7 Å². The minimum atomic E-state index is -0.0801. The molecule has 132 valence electrons. The van der Waals surface area contributed by atoms with E-state index in [9.17, 15) is 0 Å². The second-order valence-electron chi connectivity index (χ2n) is 5.76. The van der Waals surface area contributed by atoms with Gasteiger partial charge in [-0.15, -0.1) is 17.5 Å². The molecule has 0 saturated heterocycles. The van der Waals surface area contributed by atoms with E-state index in [-0.39, 0.29) is 24.3 Å². The lowest BCUT2D eigenvalue weighted by atomic mass is 9.80. The smallest absolute Gasteiger partial charge is 0.211 e. The van der Waals surface area contributed by atoms with Gasteiger partial charge in [0.15, 0.2) is 0 Å². The lowest BCUT2D eigenvalue weighted by Gasteiger charge is -2.27. The lowest BCUT2D eigenvalue weighted by Crippen LogP contribution is -2.24. The molecular formula is C17H18Cl3N5. The Morgan fingerprint density at radius 1 is 1.16 bits per heavy atom. The van der Waals surface area contributed by atoms with Gasteiger partial charge in [-0.25, -0.2) is 0 Å². The number of nitrogens with two attached hydrogens (primary N) is 2. The van der Waals surface area contributed by atoms with Crippen molar-refractivity contribution in [2.45, 2.75) is 25.7 Å². The summed E-state index contributed by atoms with van der Waals surface area (Å²) in [5.41, 5.74) is 15.6. The molecular weight excluding hydrogens is 381 g/mol. The van der Waals surface area contributed by atoms with E-state index in [0.717, 1.165) is 34.5 Å². The normalized spacial score (nSPS) is 17.6. The van der Waals surface area contributed by atoms with Crippen molar-refractivity contribution in [2.75, 3.05) is 0 Å². The van der Waals surface area contributed by atoms with Crippen LogP contribution in [-0.2, 0) is 6.42 Å². The fourth-order valence-electron chi connectivity index (χ4n) is 3.12. The molecule has 25 heavy (non-hydrogen) atoms. The fourth-order valence-corrected chi connectivity index (χ4v) is 3.82. The molecule has 5 nitrogen and oxygen atoms in total. The summed E-state index contributed by atoms with van der Waals surface area (Å²) in [4.78, 5) is 4.51. The number of hydrogen-bond donors (Lipinski definition) is 2. The number of aryl methyl sites for hydroxylation is 1. The molecule has 0 bridgehead atoms. The molecule has 8 heteroatoms. The van der Waals surface area contributed by atoms with Crippen LogP contribution >= 0.6 is 35.6 Å². The van der Waals surface area contributed by atoms with Gasteiger partial charge < -0.3 is 11.5 Å². The van der Waals surface area contributed by atoms with Gasteiger partial charge in [-0.2, -0.15) is 5.10 Å². The van der Waals surface area contributed by atoms with Gasteiger partial charge in [0.2, 0.25) is 5.96 Å². The third kappa shape index (κ3) is 4.06. The zero-order valence-electron chi connectivity index (χ0n) is 13.5. The van der Waals surface area contributed by atoms with Gasteiger partial charge in [-0.1, -0.05) is 29.3 Å². The Labute approximate surface area is 162 Å². The predicted octanol–water partition coefficient (Wildman–Crippen LogP) is 3.83. The molecule has 1 aromatic carbocycles.